The molecule has 0 aromatic heterocycles. The van der Waals surface area contributed by atoms with Gasteiger partial charge in [0.1, 0.15) is 12.4 Å². The quantitative estimate of drug-likeness (QED) is 0.673. The van der Waals surface area contributed by atoms with Gasteiger partial charge in [-0.05, 0) is 49.4 Å². The maximum atomic E-state index is 9.06. The number of benzene rings is 1. The molecule has 2 N–H and O–H groups in total. The normalized spacial score (nSPS) is 15.1. The van der Waals surface area contributed by atoms with Gasteiger partial charge in [-0.3, -0.25) is 0 Å². The molecular weight excluding hydrogens is 254 g/mol. The largest absolute Gasteiger partial charge is 0.491 e. The number of hydrogen-bond acceptors (Lipinski definition) is 4. The number of aryl methyl sites for hydroxylation is 2. The summed E-state index contributed by atoms with van der Waals surface area (Å²) in [5, 5.41) is 12.2. The van der Waals surface area contributed by atoms with Crippen LogP contribution in [0.4, 0.5) is 0 Å². The van der Waals surface area contributed by atoms with Crippen LogP contribution < -0.4 is 10.1 Å². The van der Waals surface area contributed by atoms with Crippen LogP contribution in [0.1, 0.15) is 24.5 Å². The second kappa shape index (κ2) is 8.25. The first-order valence-electron chi connectivity index (χ1n) is 7.47. The fraction of sp³-hybridized carbons (Fsp3) is 0.625. The Morgan fingerprint density at radius 3 is 2.90 bits per heavy atom. The molecule has 0 amide bonds. The van der Waals surface area contributed by atoms with Crippen molar-refractivity contribution in [2.75, 3.05) is 32.9 Å². The van der Waals surface area contributed by atoms with Gasteiger partial charge >= 0.3 is 0 Å². The van der Waals surface area contributed by atoms with Gasteiger partial charge in [-0.15, -0.1) is 0 Å². The number of hydrogen-bond donors (Lipinski definition) is 2. The van der Waals surface area contributed by atoms with Crippen molar-refractivity contribution in [3.63, 3.8) is 0 Å². The molecule has 2 rings (SSSR count). The third-order valence-corrected chi connectivity index (χ3v) is 3.43. The molecule has 0 heterocycles. The molecule has 0 saturated heterocycles. The molecule has 4 nitrogen and oxygen atoms in total. The second-order valence-corrected chi connectivity index (χ2v) is 5.30. The van der Waals surface area contributed by atoms with Crippen LogP contribution in [0.15, 0.2) is 18.2 Å². The lowest BCUT2D eigenvalue weighted by atomic mass is 10.1. The van der Waals surface area contributed by atoms with Gasteiger partial charge in [-0.2, -0.15) is 0 Å². The average molecular weight is 279 g/mol. The van der Waals surface area contributed by atoms with Crippen molar-refractivity contribution < 1.29 is 14.6 Å². The molecule has 0 unspecified atom stereocenters. The lowest BCUT2D eigenvalue weighted by Gasteiger charge is -2.10. The van der Waals surface area contributed by atoms with Gasteiger partial charge < -0.3 is 19.9 Å². The minimum absolute atomic E-state index is 0.307. The number of fused-ring (bicyclic) bond motifs is 1. The topological polar surface area (TPSA) is 50.7 Å². The van der Waals surface area contributed by atoms with E-state index in [0.717, 1.165) is 12.3 Å². The van der Waals surface area contributed by atoms with E-state index in [2.05, 4.69) is 17.4 Å². The van der Waals surface area contributed by atoms with E-state index in [1.807, 2.05) is 6.07 Å². The molecule has 1 aliphatic rings. The summed E-state index contributed by atoms with van der Waals surface area (Å²) in [5.74, 6) is 0.946. The summed E-state index contributed by atoms with van der Waals surface area (Å²) in [6.07, 6.45) is 3.34. The molecule has 1 aromatic rings. The average Bonchev–Trinajstić information content (AvgIpc) is 2.89. The van der Waals surface area contributed by atoms with Crippen LogP contribution in [0.25, 0.3) is 0 Å². The number of aliphatic hydroxyl groups is 1. The fourth-order valence-corrected chi connectivity index (χ4v) is 2.41. The Hall–Kier alpha value is -1.10. The number of rotatable bonds is 9. The van der Waals surface area contributed by atoms with Gasteiger partial charge in [-0.25, -0.2) is 0 Å². The van der Waals surface area contributed by atoms with Gasteiger partial charge in [0, 0.05) is 13.1 Å². The van der Waals surface area contributed by atoms with E-state index in [1.165, 1.54) is 30.4 Å². The summed E-state index contributed by atoms with van der Waals surface area (Å²) in [6.45, 7) is 4.93. The van der Waals surface area contributed by atoms with E-state index in [1.54, 1.807) is 6.92 Å². The van der Waals surface area contributed by atoms with Crippen molar-refractivity contribution in [1.82, 2.24) is 5.32 Å². The maximum absolute atomic E-state index is 9.06. The summed E-state index contributed by atoms with van der Waals surface area (Å²) in [5.41, 5.74) is 2.91. The Morgan fingerprint density at radius 2 is 2.05 bits per heavy atom. The molecule has 0 fully saturated rings. The predicted molar refractivity (Wildman–Crippen MR) is 79.3 cm³/mol. The van der Waals surface area contributed by atoms with Crippen LogP contribution in [-0.2, 0) is 17.6 Å². The molecule has 0 bridgehead atoms. The number of nitrogens with one attached hydrogen (secondary N) is 1. The fourth-order valence-electron chi connectivity index (χ4n) is 2.41. The van der Waals surface area contributed by atoms with Gasteiger partial charge in [0.05, 0.1) is 19.3 Å². The highest BCUT2D eigenvalue weighted by molar-refractivity contribution is 5.38. The molecule has 112 valence electrons. The molecule has 0 radical (unpaired) electrons. The molecule has 1 atom stereocenters. The first-order valence-corrected chi connectivity index (χ1v) is 7.47. The highest BCUT2D eigenvalue weighted by Crippen LogP contribution is 2.25. The number of ether oxygens (including phenoxy) is 2. The van der Waals surface area contributed by atoms with Crippen LogP contribution in [0, 0.1) is 0 Å². The van der Waals surface area contributed by atoms with E-state index < -0.39 is 0 Å². The molecular formula is C16H25NO3. The molecule has 20 heavy (non-hydrogen) atoms. The third kappa shape index (κ3) is 5.12. The maximum Gasteiger partial charge on any atom is 0.119 e. The summed E-state index contributed by atoms with van der Waals surface area (Å²) < 4.78 is 11.2. The van der Waals surface area contributed by atoms with Crippen molar-refractivity contribution in [3.8, 4) is 5.75 Å². The molecule has 1 aromatic carbocycles. The SMILES string of the molecule is C[C@H](O)CNCCOCCOc1ccc2c(c1)CCC2. The zero-order valence-electron chi connectivity index (χ0n) is 12.2. The summed E-state index contributed by atoms with van der Waals surface area (Å²) >= 11 is 0. The molecule has 0 aliphatic heterocycles. The Morgan fingerprint density at radius 1 is 1.20 bits per heavy atom. The van der Waals surface area contributed by atoms with E-state index in [9.17, 15) is 0 Å². The smallest absolute Gasteiger partial charge is 0.119 e. The van der Waals surface area contributed by atoms with Crippen molar-refractivity contribution in [3.05, 3.63) is 29.3 Å². The van der Waals surface area contributed by atoms with Crippen molar-refractivity contribution >= 4 is 0 Å². The summed E-state index contributed by atoms with van der Waals surface area (Å²) in [6, 6.07) is 6.39. The molecule has 0 spiro atoms. The second-order valence-electron chi connectivity index (χ2n) is 5.30. The van der Waals surface area contributed by atoms with Gasteiger partial charge in [0.15, 0.2) is 0 Å². The van der Waals surface area contributed by atoms with Crippen LogP contribution >= 0.6 is 0 Å². The lowest BCUT2D eigenvalue weighted by Crippen LogP contribution is -2.28. The van der Waals surface area contributed by atoms with E-state index in [0.29, 0.717) is 26.4 Å². The minimum Gasteiger partial charge on any atom is -0.491 e. The van der Waals surface area contributed by atoms with Crippen molar-refractivity contribution in [2.24, 2.45) is 0 Å². The summed E-state index contributed by atoms with van der Waals surface area (Å²) in [4.78, 5) is 0. The number of aliphatic hydroxyl groups excluding tert-OH is 1. The van der Waals surface area contributed by atoms with Gasteiger partial charge in [0.2, 0.25) is 0 Å². The minimum atomic E-state index is -0.307. The van der Waals surface area contributed by atoms with Crippen molar-refractivity contribution in [1.29, 1.82) is 0 Å². The molecule has 1 aliphatic carbocycles. The Labute approximate surface area is 121 Å². The van der Waals surface area contributed by atoms with Crippen LogP contribution in [0.5, 0.6) is 5.75 Å². The predicted octanol–water partition coefficient (Wildman–Crippen LogP) is 1.54. The first-order chi connectivity index (χ1) is 9.75. The van der Waals surface area contributed by atoms with E-state index >= 15 is 0 Å². The Kier molecular flexibility index (Phi) is 6.30. The first kappa shape index (κ1) is 15.3. The van der Waals surface area contributed by atoms with Gasteiger partial charge in [-0.1, -0.05) is 6.07 Å². The van der Waals surface area contributed by atoms with Crippen LogP contribution in [-0.4, -0.2) is 44.1 Å². The monoisotopic (exact) mass is 279 g/mol. The highest BCUT2D eigenvalue weighted by atomic mass is 16.5. The Bertz CT molecular complexity index is 407. The summed E-state index contributed by atoms with van der Waals surface area (Å²) in [7, 11) is 0. The van der Waals surface area contributed by atoms with E-state index in [4.69, 9.17) is 14.6 Å². The Balaban J connectivity index is 1.53. The van der Waals surface area contributed by atoms with Crippen LogP contribution in [0.2, 0.25) is 0 Å². The standard InChI is InChI=1S/C16H25NO3/c1-13(18)12-17-7-8-19-9-10-20-16-6-5-14-3-2-4-15(14)11-16/h5-6,11,13,17-18H,2-4,7-10,12H2,1H3/t13-/m0/s1. The van der Waals surface area contributed by atoms with Crippen LogP contribution in [0.3, 0.4) is 0 Å². The lowest BCUT2D eigenvalue weighted by molar-refractivity contribution is 0.0991. The third-order valence-electron chi connectivity index (χ3n) is 3.43. The zero-order valence-corrected chi connectivity index (χ0v) is 12.2. The van der Waals surface area contributed by atoms with E-state index in [-0.39, 0.29) is 6.10 Å². The van der Waals surface area contributed by atoms with Crippen molar-refractivity contribution in [2.45, 2.75) is 32.3 Å². The zero-order chi connectivity index (χ0) is 14.2. The van der Waals surface area contributed by atoms with Gasteiger partial charge in [0.25, 0.3) is 0 Å². The highest BCUT2D eigenvalue weighted by Gasteiger charge is 2.10. The molecule has 4 heteroatoms. The molecule has 0 saturated carbocycles.